The van der Waals surface area contributed by atoms with E-state index in [1.807, 2.05) is 27.7 Å². The van der Waals surface area contributed by atoms with Gasteiger partial charge in [-0.1, -0.05) is 0 Å². The van der Waals surface area contributed by atoms with E-state index in [4.69, 9.17) is 13.4 Å². The van der Waals surface area contributed by atoms with Gasteiger partial charge in [-0.2, -0.15) is 0 Å². The molecule has 1 aromatic heterocycles. The van der Waals surface area contributed by atoms with E-state index in [2.05, 4.69) is 4.98 Å². The van der Waals surface area contributed by atoms with Gasteiger partial charge in [0.2, 0.25) is 0 Å². The quantitative estimate of drug-likeness (QED) is 0.702. The van der Waals surface area contributed by atoms with Crippen molar-refractivity contribution in [1.82, 2.24) is 4.98 Å². The molecule has 0 aliphatic carbocycles. The van der Waals surface area contributed by atoms with Gasteiger partial charge in [0.1, 0.15) is 5.82 Å². The summed E-state index contributed by atoms with van der Waals surface area (Å²) in [6, 6.07) is 2.04. The first-order valence-corrected chi connectivity index (χ1v) is 5.46. The van der Waals surface area contributed by atoms with Crippen LogP contribution in [0.15, 0.2) is 12.1 Å². The van der Waals surface area contributed by atoms with E-state index in [1.165, 1.54) is 0 Å². The van der Waals surface area contributed by atoms with Crippen LogP contribution in [-0.4, -0.2) is 23.3 Å². The number of hydrogen-bond acceptors (Lipinski definition) is 3. The molecule has 0 N–H and O–H groups in total. The summed E-state index contributed by atoms with van der Waals surface area (Å²) in [5, 5.41) is 0. The molecule has 17 heavy (non-hydrogen) atoms. The molecular formula is C12H17BFNO2. The summed E-state index contributed by atoms with van der Waals surface area (Å²) in [4.78, 5) is 3.97. The van der Waals surface area contributed by atoms with Gasteiger partial charge in [0.05, 0.1) is 16.8 Å². The topological polar surface area (TPSA) is 31.4 Å². The molecule has 0 bridgehead atoms. The Hall–Kier alpha value is -0.935. The lowest BCUT2D eigenvalue weighted by molar-refractivity contribution is 0.00578. The largest absolute Gasteiger partial charge is 0.514 e. The maximum atomic E-state index is 13.6. The molecule has 92 valence electrons. The van der Waals surface area contributed by atoms with Crippen LogP contribution in [0.3, 0.4) is 0 Å². The molecule has 0 spiro atoms. The van der Waals surface area contributed by atoms with Crippen molar-refractivity contribution in [2.24, 2.45) is 0 Å². The number of pyridine rings is 1. The zero-order valence-electron chi connectivity index (χ0n) is 13.4. The first-order chi connectivity index (χ1) is 8.92. The lowest BCUT2D eigenvalue weighted by Crippen LogP contribution is -2.41. The highest BCUT2D eigenvalue weighted by Crippen LogP contribution is 2.36. The van der Waals surface area contributed by atoms with Crippen LogP contribution in [0.4, 0.5) is 4.39 Å². The van der Waals surface area contributed by atoms with E-state index in [0.717, 1.165) is 12.1 Å². The van der Waals surface area contributed by atoms with Gasteiger partial charge in [-0.05, 0) is 46.7 Å². The minimum atomic E-state index is -2.47. The SMILES string of the molecule is [2H]C([2H])([2H])c1cc(F)cc(B2OC(C)(C)C(C)(C)O2)n1. The Labute approximate surface area is 106 Å². The second-order valence-corrected chi connectivity index (χ2v) is 5.18. The Morgan fingerprint density at radius 2 is 1.82 bits per heavy atom. The molecule has 1 aromatic rings. The van der Waals surface area contributed by atoms with Gasteiger partial charge in [0.25, 0.3) is 0 Å². The van der Waals surface area contributed by atoms with Gasteiger partial charge in [-0.3, -0.25) is 4.98 Å². The molecule has 0 amide bonds. The molecule has 1 aliphatic heterocycles. The number of aromatic nitrogens is 1. The fourth-order valence-corrected chi connectivity index (χ4v) is 1.60. The number of hydrogen-bond donors (Lipinski definition) is 0. The molecule has 0 unspecified atom stereocenters. The molecule has 0 radical (unpaired) electrons. The minimum absolute atomic E-state index is 0.134. The van der Waals surface area contributed by atoms with Crippen LogP contribution in [0.2, 0.25) is 0 Å². The summed E-state index contributed by atoms with van der Waals surface area (Å²) in [6.45, 7) is 4.96. The highest BCUT2D eigenvalue weighted by molar-refractivity contribution is 6.61. The smallest absolute Gasteiger partial charge is 0.398 e. The first kappa shape index (κ1) is 9.06. The van der Waals surface area contributed by atoms with Crippen molar-refractivity contribution in [3.8, 4) is 0 Å². The van der Waals surface area contributed by atoms with Crippen LogP contribution in [0.1, 0.15) is 37.5 Å². The molecule has 2 heterocycles. The van der Waals surface area contributed by atoms with E-state index in [-0.39, 0.29) is 11.3 Å². The lowest BCUT2D eigenvalue weighted by Gasteiger charge is -2.32. The fourth-order valence-electron chi connectivity index (χ4n) is 1.60. The summed E-state index contributed by atoms with van der Waals surface area (Å²) in [5.74, 6) is -0.671. The summed E-state index contributed by atoms with van der Waals surface area (Å²) in [5.41, 5.74) is -1.35. The molecule has 0 aromatic carbocycles. The number of halogens is 1. The number of nitrogens with zero attached hydrogens (tertiary/aromatic N) is 1. The zero-order valence-corrected chi connectivity index (χ0v) is 10.4. The molecule has 3 nitrogen and oxygen atoms in total. The van der Waals surface area contributed by atoms with E-state index in [1.54, 1.807) is 0 Å². The van der Waals surface area contributed by atoms with Gasteiger partial charge in [0.15, 0.2) is 0 Å². The third-order valence-corrected chi connectivity index (χ3v) is 3.30. The maximum Gasteiger partial charge on any atom is 0.514 e. The summed E-state index contributed by atoms with van der Waals surface area (Å²) in [7, 11) is -0.878. The number of rotatable bonds is 1. The second-order valence-electron chi connectivity index (χ2n) is 5.18. The predicted molar refractivity (Wildman–Crippen MR) is 64.6 cm³/mol. The van der Waals surface area contributed by atoms with Crippen molar-refractivity contribution >= 4 is 12.7 Å². The average Bonchev–Trinajstić information content (AvgIpc) is 2.46. The van der Waals surface area contributed by atoms with Crippen LogP contribution in [0.5, 0.6) is 0 Å². The molecule has 1 fully saturated rings. The van der Waals surface area contributed by atoms with Crippen LogP contribution < -0.4 is 5.59 Å². The van der Waals surface area contributed by atoms with Crippen molar-refractivity contribution < 1.29 is 17.8 Å². The fraction of sp³-hybridized carbons (Fsp3) is 0.583. The van der Waals surface area contributed by atoms with E-state index < -0.39 is 31.0 Å². The van der Waals surface area contributed by atoms with Crippen molar-refractivity contribution in [2.75, 3.05) is 0 Å². The van der Waals surface area contributed by atoms with Gasteiger partial charge < -0.3 is 9.31 Å². The molecule has 0 atom stereocenters. The van der Waals surface area contributed by atoms with Gasteiger partial charge in [0, 0.05) is 9.81 Å². The van der Waals surface area contributed by atoms with Crippen molar-refractivity contribution in [2.45, 2.75) is 45.7 Å². The van der Waals surface area contributed by atoms with Gasteiger partial charge in [-0.25, -0.2) is 4.39 Å². The Balaban J connectivity index is 2.38. The van der Waals surface area contributed by atoms with Crippen LogP contribution in [-0.2, 0) is 9.31 Å². The van der Waals surface area contributed by atoms with E-state index in [9.17, 15) is 4.39 Å². The van der Waals surface area contributed by atoms with Crippen LogP contribution in [0, 0.1) is 12.7 Å². The zero-order chi connectivity index (χ0) is 15.3. The highest BCUT2D eigenvalue weighted by Gasteiger charge is 2.52. The van der Waals surface area contributed by atoms with E-state index in [0.29, 0.717) is 0 Å². The Kier molecular flexibility index (Phi) is 2.02. The Morgan fingerprint density at radius 1 is 1.24 bits per heavy atom. The molecular weight excluding hydrogens is 220 g/mol. The van der Waals surface area contributed by atoms with Crippen molar-refractivity contribution in [3.05, 3.63) is 23.6 Å². The molecule has 1 saturated heterocycles. The first-order valence-electron chi connectivity index (χ1n) is 6.96. The summed E-state index contributed by atoms with van der Waals surface area (Å²) in [6.07, 6.45) is 0. The van der Waals surface area contributed by atoms with Crippen LogP contribution in [0.25, 0.3) is 0 Å². The average molecular weight is 240 g/mol. The molecule has 1 aliphatic rings. The third-order valence-electron chi connectivity index (χ3n) is 3.30. The predicted octanol–water partition coefficient (Wildman–Crippen LogP) is 1.83. The molecule has 5 heteroatoms. The monoisotopic (exact) mass is 240 g/mol. The summed E-state index contributed by atoms with van der Waals surface area (Å²) >= 11 is 0. The van der Waals surface area contributed by atoms with Crippen molar-refractivity contribution in [3.63, 3.8) is 0 Å². The molecule has 2 rings (SSSR count). The Bertz CT molecular complexity index is 518. The second kappa shape index (κ2) is 3.78. The number of aryl methyl sites for hydroxylation is 1. The highest BCUT2D eigenvalue weighted by atomic mass is 19.1. The standard InChI is InChI=1S/C12H17BFNO2/c1-8-6-9(14)7-10(15-8)13-16-11(2,3)12(4,5)17-13/h6-7H,1-5H3/i1D3. The maximum absolute atomic E-state index is 13.6. The summed E-state index contributed by atoms with van der Waals surface area (Å²) < 4.78 is 47.0. The van der Waals surface area contributed by atoms with Gasteiger partial charge >= 0.3 is 7.12 Å². The van der Waals surface area contributed by atoms with E-state index >= 15 is 0 Å². The Morgan fingerprint density at radius 3 is 2.35 bits per heavy atom. The van der Waals surface area contributed by atoms with Gasteiger partial charge in [-0.15, -0.1) is 0 Å². The molecule has 0 saturated carbocycles. The minimum Gasteiger partial charge on any atom is -0.398 e. The van der Waals surface area contributed by atoms with Crippen molar-refractivity contribution in [1.29, 1.82) is 0 Å². The normalized spacial score (nSPS) is 25.2. The third kappa shape index (κ3) is 2.22. The van der Waals surface area contributed by atoms with Crippen LogP contribution >= 0.6 is 0 Å². The lowest BCUT2D eigenvalue weighted by atomic mass is 9.84.